The van der Waals surface area contributed by atoms with Crippen LogP contribution >= 0.6 is 15.9 Å². The van der Waals surface area contributed by atoms with E-state index in [0.29, 0.717) is 31.9 Å². The lowest BCUT2D eigenvalue weighted by atomic mass is 10.2. The summed E-state index contributed by atoms with van der Waals surface area (Å²) in [7, 11) is 0. The van der Waals surface area contributed by atoms with Crippen molar-refractivity contribution in [2.75, 3.05) is 37.6 Å². The van der Waals surface area contributed by atoms with Crippen molar-refractivity contribution < 1.29 is 14.4 Å². The number of carbonyl (C=O) groups is 3. The van der Waals surface area contributed by atoms with Crippen molar-refractivity contribution in [1.29, 1.82) is 0 Å². The Kier molecular flexibility index (Phi) is 5.54. The second-order valence-corrected chi connectivity index (χ2v) is 6.02. The van der Waals surface area contributed by atoms with Gasteiger partial charge >= 0.3 is 0 Å². The van der Waals surface area contributed by atoms with E-state index in [1.54, 1.807) is 21.9 Å². The summed E-state index contributed by atoms with van der Waals surface area (Å²) in [6.45, 7) is 3.53. The first-order chi connectivity index (χ1) is 10.5. The minimum absolute atomic E-state index is 0.0120. The van der Waals surface area contributed by atoms with Gasteiger partial charge in [0.1, 0.15) is 6.54 Å². The van der Waals surface area contributed by atoms with Crippen molar-refractivity contribution in [2.24, 2.45) is 0 Å². The molecule has 6 nitrogen and oxygen atoms in total. The van der Waals surface area contributed by atoms with Crippen molar-refractivity contribution in [3.8, 4) is 0 Å². The molecule has 0 saturated carbocycles. The molecule has 7 heteroatoms. The van der Waals surface area contributed by atoms with Crippen molar-refractivity contribution in [2.45, 2.75) is 6.92 Å². The number of amides is 3. The van der Waals surface area contributed by atoms with E-state index >= 15 is 0 Å². The van der Waals surface area contributed by atoms with E-state index in [4.69, 9.17) is 0 Å². The molecule has 1 heterocycles. The van der Waals surface area contributed by atoms with Gasteiger partial charge in [-0.25, -0.2) is 0 Å². The van der Waals surface area contributed by atoms with Gasteiger partial charge in [0.05, 0.1) is 0 Å². The molecule has 3 amide bonds. The zero-order valence-corrected chi connectivity index (χ0v) is 14.0. The summed E-state index contributed by atoms with van der Waals surface area (Å²) >= 11 is 3.35. The van der Waals surface area contributed by atoms with E-state index in [2.05, 4.69) is 15.9 Å². The van der Waals surface area contributed by atoms with Gasteiger partial charge in [-0.05, 0) is 24.3 Å². The molecule has 0 N–H and O–H groups in total. The first-order valence-corrected chi connectivity index (χ1v) is 7.81. The zero-order valence-electron chi connectivity index (χ0n) is 12.4. The summed E-state index contributed by atoms with van der Waals surface area (Å²) in [6.07, 6.45) is 0.797. The minimum Gasteiger partial charge on any atom is -0.342 e. The number of benzene rings is 1. The number of piperazine rings is 1. The normalized spacial score (nSPS) is 14.6. The van der Waals surface area contributed by atoms with E-state index in [9.17, 15) is 14.4 Å². The van der Waals surface area contributed by atoms with Crippen LogP contribution in [0.3, 0.4) is 0 Å². The third kappa shape index (κ3) is 4.07. The van der Waals surface area contributed by atoms with E-state index in [1.165, 1.54) is 11.8 Å². The fourth-order valence-electron chi connectivity index (χ4n) is 2.32. The van der Waals surface area contributed by atoms with Crippen LogP contribution in [0.15, 0.2) is 28.7 Å². The average Bonchev–Trinajstić information content (AvgIpc) is 2.53. The molecule has 22 heavy (non-hydrogen) atoms. The van der Waals surface area contributed by atoms with E-state index in [-0.39, 0.29) is 18.4 Å². The van der Waals surface area contributed by atoms with Gasteiger partial charge in [0.2, 0.25) is 18.2 Å². The third-order valence-electron chi connectivity index (χ3n) is 3.63. The monoisotopic (exact) mass is 367 g/mol. The van der Waals surface area contributed by atoms with Gasteiger partial charge in [-0.1, -0.05) is 15.9 Å². The van der Waals surface area contributed by atoms with Crippen LogP contribution in [0.25, 0.3) is 0 Å². The summed E-state index contributed by atoms with van der Waals surface area (Å²) in [6, 6.07) is 7.25. The van der Waals surface area contributed by atoms with Gasteiger partial charge in [0.15, 0.2) is 0 Å². The Hall–Kier alpha value is -1.89. The highest BCUT2D eigenvalue weighted by Gasteiger charge is 2.23. The molecule has 1 saturated heterocycles. The Morgan fingerprint density at radius 3 is 2.27 bits per heavy atom. The van der Waals surface area contributed by atoms with Crippen LogP contribution in [0.4, 0.5) is 5.69 Å². The van der Waals surface area contributed by atoms with Crippen LogP contribution in [-0.4, -0.2) is 60.7 Å². The van der Waals surface area contributed by atoms with E-state index < -0.39 is 0 Å². The number of nitrogens with zero attached hydrogens (tertiary/aromatic N) is 3. The highest BCUT2D eigenvalue weighted by atomic mass is 79.9. The van der Waals surface area contributed by atoms with E-state index in [0.717, 1.165) is 10.9 Å². The fraction of sp³-hybridized carbons (Fsp3) is 0.400. The molecule has 1 aromatic rings. The van der Waals surface area contributed by atoms with Crippen LogP contribution in [0.1, 0.15) is 6.92 Å². The number of hydrogen-bond acceptors (Lipinski definition) is 3. The zero-order chi connectivity index (χ0) is 16.1. The minimum atomic E-state index is -0.179. The van der Waals surface area contributed by atoms with Crippen molar-refractivity contribution in [3.05, 3.63) is 28.7 Å². The van der Waals surface area contributed by atoms with Gasteiger partial charge in [-0.3, -0.25) is 14.4 Å². The third-order valence-corrected chi connectivity index (χ3v) is 4.16. The van der Waals surface area contributed by atoms with Crippen LogP contribution in [-0.2, 0) is 14.4 Å². The summed E-state index contributed by atoms with van der Waals surface area (Å²) in [4.78, 5) is 39.7. The molecule has 0 spiro atoms. The fourth-order valence-corrected chi connectivity index (χ4v) is 2.58. The number of anilines is 1. The molecule has 118 valence electrons. The largest absolute Gasteiger partial charge is 0.342 e. The van der Waals surface area contributed by atoms with Gasteiger partial charge < -0.3 is 14.7 Å². The Balaban J connectivity index is 2.02. The molecular formula is C15H18BrN3O3. The molecule has 0 atom stereocenters. The number of hydrogen-bond donors (Lipinski definition) is 0. The highest BCUT2D eigenvalue weighted by molar-refractivity contribution is 9.10. The van der Waals surface area contributed by atoms with Crippen molar-refractivity contribution >= 4 is 39.8 Å². The van der Waals surface area contributed by atoms with Gasteiger partial charge in [0, 0.05) is 43.3 Å². The lowest BCUT2D eigenvalue weighted by Crippen LogP contribution is -2.51. The second-order valence-electron chi connectivity index (χ2n) is 5.10. The number of rotatable bonds is 4. The molecule has 0 unspecified atom stereocenters. The molecule has 0 radical (unpaired) electrons. The molecular weight excluding hydrogens is 350 g/mol. The highest BCUT2D eigenvalue weighted by Crippen LogP contribution is 2.19. The maximum absolute atomic E-state index is 12.4. The van der Waals surface area contributed by atoms with E-state index in [1.807, 2.05) is 12.1 Å². The van der Waals surface area contributed by atoms with Crippen LogP contribution in [0.2, 0.25) is 0 Å². The van der Waals surface area contributed by atoms with Crippen LogP contribution in [0.5, 0.6) is 0 Å². The number of halogens is 1. The summed E-state index contributed by atoms with van der Waals surface area (Å²) in [5.41, 5.74) is 0.690. The second kappa shape index (κ2) is 7.40. The summed E-state index contributed by atoms with van der Waals surface area (Å²) < 4.78 is 0.913. The van der Waals surface area contributed by atoms with Gasteiger partial charge in [0.25, 0.3) is 0 Å². The van der Waals surface area contributed by atoms with Crippen LogP contribution < -0.4 is 4.90 Å². The first kappa shape index (κ1) is 16.5. The SMILES string of the molecule is CC(=O)N(CC(=O)N1CCN(C=O)CC1)c1ccc(Br)cc1. The molecule has 1 fully saturated rings. The molecule has 2 rings (SSSR count). The topological polar surface area (TPSA) is 60.9 Å². The molecule has 0 aliphatic carbocycles. The Bertz CT molecular complexity index is 554. The standard InChI is InChI=1S/C15H18BrN3O3/c1-12(21)19(14-4-2-13(16)3-5-14)10-15(22)18-8-6-17(11-20)7-9-18/h2-5,11H,6-10H2,1H3. The van der Waals surface area contributed by atoms with Gasteiger partial charge in [-0.15, -0.1) is 0 Å². The predicted octanol–water partition coefficient (Wildman–Crippen LogP) is 1.10. The smallest absolute Gasteiger partial charge is 0.242 e. The maximum Gasteiger partial charge on any atom is 0.242 e. The molecule has 0 bridgehead atoms. The lowest BCUT2D eigenvalue weighted by molar-refractivity contribution is -0.134. The van der Waals surface area contributed by atoms with Crippen molar-refractivity contribution in [3.63, 3.8) is 0 Å². The van der Waals surface area contributed by atoms with Gasteiger partial charge in [-0.2, -0.15) is 0 Å². The Morgan fingerprint density at radius 2 is 1.77 bits per heavy atom. The average molecular weight is 368 g/mol. The van der Waals surface area contributed by atoms with Crippen LogP contribution in [0, 0.1) is 0 Å². The summed E-state index contributed by atoms with van der Waals surface area (Å²) in [5.74, 6) is -0.286. The molecule has 1 aromatic carbocycles. The molecule has 1 aliphatic heterocycles. The summed E-state index contributed by atoms with van der Waals surface area (Å²) in [5, 5.41) is 0. The Morgan fingerprint density at radius 1 is 1.18 bits per heavy atom. The molecule has 1 aliphatic rings. The number of carbonyl (C=O) groups excluding carboxylic acids is 3. The molecule has 0 aromatic heterocycles. The lowest BCUT2D eigenvalue weighted by Gasteiger charge is -2.34. The quantitative estimate of drug-likeness (QED) is 0.748. The van der Waals surface area contributed by atoms with Crippen molar-refractivity contribution in [1.82, 2.24) is 9.80 Å². The predicted molar refractivity (Wildman–Crippen MR) is 86.4 cm³/mol. The Labute approximate surface area is 137 Å². The first-order valence-electron chi connectivity index (χ1n) is 7.02. The maximum atomic E-state index is 12.4.